The van der Waals surface area contributed by atoms with Crippen molar-refractivity contribution in [2.75, 3.05) is 33.2 Å². The van der Waals surface area contributed by atoms with Crippen molar-refractivity contribution in [1.29, 1.82) is 0 Å². The van der Waals surface area contributed by atoms with Gasteiger partial charge in [-0.25, -0.2) is 9.79 Å². The van der Waals surface area contributed by atoms with E-state index in [1.165, 1.54) is 4.90 Å². The minimum absolute atomic E-state index is 0. The van der Waals surface area contributed by atoms with Gasteiger partial charge in [-0.2, -0.15) is 0 Å². The molecule has 0 fully saturated rings. The van der Waals surface area contributed by atoms with Gasteiger partial charge in [-0.3, -0.25) is 0 Å². The summed E-state index contributed by atoms with van der Waals surface area (Å²) in [6, 6.07) is 9.46. The molecule has 0 aliphatic carbocycles. The Labute approximate surface area is 186 Å². The number of hydrogen-bond donors (Lipinski definition) is 3. The highest BCUT2D eigenvalue weighted by Gasteiger charge is 2.22. The lowest BCUT2D eigenvalue weighted by atomic mass is 9.96. The summed E-state index contributed by atoms with van der Waals surface area (Å²) in [5.74, 6) is 0.589. The van der Waals surface area contributed by atoms with Gasteiger partial charge in [0, 0.05) is 26.7 Å². The Bertz CT molecular complexity index is 616. The Morgan fingerprint density at radius 1 is 1.18 bits per heavy atom. The number of aliphatic imine (C=N–C) groups is 1. The van der Waals surface area contributed by atoms with Crippen LogP contribution in [-0.2, 0) is 10.3 Å². The molecule has 160 valence electrons. The van der Waals surface area contributed by atoms with Crippen molar-refractivity contribution in [2.24, 2.45) is 4.99 Å². The number of hydrogen-bond acceptors (Lipinski definition) is 4. The molecule has 1 atom stereocenters. The number of nitrogens with one attached hydrogen (secondary N) is 2. The number of guanidine groups is 1. The van der Waals surface area contributed by atoms with Crippen molar-refractivity contribution in [2.45, 2.75) is 45.8 Å². The topological polar surface area (TPSA) is 86.2 Å². The van der Waals surface area contributed by atoms with E-state index in [-0.39, 0.29) is 36.6 Å². The van der Waals surface area contributed by atoms with E-state index in [1.807, 2.05) is 58.0 Å². The average Bonchev–Trinajstić information content (AvgIpc) is 2.59. The third-order valence-electron chi connectivity index (χ3n) is 3.73. The molecule has 28 heavy (non-hydrogen) atoms. The van der Waals surface area contributed by atoms with Crippen molar-refractivity contribution in [3.63, 3.8) is 0 Å². The number of halogens is 1. The largest absolute Gasteiger partial charge is 0.444 e. The van der Waals surface area contributed by atoms with Crippen LogP contribution in [0, 0.1) is 0 Å². The van der Waals surface area contributed by atoms with Gasteiger partial charge in [-0.05, 0) is 40.2 Å². The molecular formula is C20H35IN4O3. The maximum Gasteiger partial charge on any atom is 0.410 e. The highest BCUT2D eigenvalue weighted by atomic mass is 127. The number of carbonyl (C=O) groups is 1. The molecule has 0 aliphatic heterocycles. The van der Waals surface area contributed by atoms with Gasteiger partial charge >= 0.3 is 6.09 Å². The van der Waals surface area contributed by atoms with Crippen LogP contribution in [0.2, 0.25) is 0 Å². The number of ether oxygens (including phenoxy) is 1. The van der Waals surface area contributed by atoms with Crippen LogP contribution in [0.5, 0.6) is 0 Å². The van der Waals surface area contributed by atoms with Crippen LogP contribution < -0.4 is 10.6 Å². The molecule has 0 aliphatic rings. The lowest BCUT2D eigenvalue weighted by molar-refractivity contribution is 0.0302. The summed E-state index contributed by atoms with van der Waals surface area (Å²) in [7, 11) is 1.69. The second kappa shape index (κ2) is 12.1. The van der Waals surface area contributed by atoms with Gasteiger partial charge in [0.05, 0.1) is 6.54 Å². The van der Waals surface area contributed by atoms with Crippen molar-refractivity contribution in [3.8, 4) is 0 Å². The fourth-order valence-electron chi connectivity index (χ4n) is 2.24. The van der Waals surface area contributed by atoms with Crippen LogP contribution >= 0.6 is 24.0 Å². The van der Waals surface area contributed by atoms with Gasteiger partial charge in [0.2, 0.25) is 0 Å². The Morgan fingerprint density at radius 3 is 2.32 bits per heavy atom. The summed E-state index contributed by atoms with van der Waals surface area (Å²) in [5, 5.41) is 17.0. The first-order chi connectivity index (χ1) is 12.5. The Hall–Kier alpha value is -1.55. The van der Waals surface area contributed by atoms with Gasteiger partial charge < -0.3 is 25.4 Å². The predicted molar refractivity (Wildman–Crippen MR) is 124 cm³/mol. The quantitative estimate of drug-likeness (QED) is 0.301. The first kappa shape index (κ1) is 26.4. The Balaban J connectivity index is 0.00000729. The molecule has 1 unspecified atom stereocenters. The van der Waals surface area contributed by atoms with Gasteiger partial charge in [0.1, 0.15) is 11.2 Å². The number of amides is 1. The molecule has 0 bridgehead atoms. The maximum absolute atomic E-state index is 12.0. The van der Waals surface area contributed by atoms with Crippen molar-refractivity contribution in [1.82, 2.24) is 15.5 Å². The molecule has 1 amide bonds. The third-order valence-corrected chi connectivity index (χ3v) is 3.73. The molecule has 1 rings (SSSR count). The number of likely N-dealkylation sites (N-methyl/N-ethyl adjacent to an activating group) is 1. The summed E-state index contributed by atoms with van der Waals surface area (Å²) in [4.78, 5) is 18.0. The number of aliphatic hydroxyl groups is 1. The van der Waals surface area contributed by atoms with Crippen LogP contribution in [0.15, 0.2) is 35.3 Å². The van der Waals surface area contributed by atoms with Gasteiger partial charge in [0.15, 0.2) is 5.96 Å². The molecule has 1 aromatic rings. The highest BCUT2D eigenvalue weighted by Crippen LogP contribution is 2.20. The fraction of sp³-hybridized carbons (Fsp3) is 0.600. The first-order valence-corrected chi connectivity index (χ1v) is 9.29. The van der Waals surface area contributed by atoms with Crippen LogP contribution in [0.4, 0.5) is 4.79 Å². The van der Waals surface area contributed by atoms with Gasteiger partial charge in [-0.1, -0.05) is 30.3 Å². The Kier molecular flexibility index (Phi) is 11.4. The van der Waals surface area contributed by atoms with E-state index in [9.17, 15) is 9.90 Å². The normalized spacial score (nSPS) is 13.8. The average molecular weight is 506 g/mol. The second-order valence-electron chi connectivity index (χ2n) is 7.66. The van der Waals surface area contributed by atoms with E-state index >= 15 is 0 Å². The third kappa shape index (κ3) is 10.1. The second-order valence-corrected chi connectivity index (χ2v) is 7.66. The molecule has 0 aromatic heterocycles. The predicted octanol–water partition coefficient (Wildman–Crippen LogP) is 2.93. The van der Waals surface area contributed by atoms with E-state index in [0.29, 0.717) is 25.6 Å². The lowest BCUT2D eigenvalue weighted by Gasteiger charge is -2.25. The van der Waals surface area contributed by atoms with Crippen LogP contribution in [0.1, 0.15) is 40.2 Å². The number of carbonyl (C=O) groups excluding carboxylic acids is 1. The molecule has 1 aromatic carbocycles. The van der Waals surface area contributed by atoms with Crippen molar-refractivity contribution >= 4 is 36.0 Å². The standard InChI is InChI=1S/C20H34N4O3.HI/c1-7-21-17(22-13-14-24(6)18(25)27-19(2,3)4)23-15-20(5,26)16-11-9-8-10-12-16;/h8-12,26H,7,13-15H2,1-6H3,(H2,21,22,23);1H. The zero-order valence-electron chi connectivity index (χ0n) is 17.8. The van der Waals surface area contributed by atoms with E-state index in [1.54, 1.807) is 14.0 Å². The molecule has 0 saturated heterocycles. The lowest BCUT2D eigenvalue weighted by Crippen LogP contribution is -2.43. The number of rotatable bonds is 7. The summed E-state index contributed by atoms with van der Waals surface area (Å²) in [6.45, 7) is 11.1. The van der Waals surface area contributed by atoms with Crippen molar-refractivity contribution < 1.29 is 14.6 Å². The highest BCUT2D eigenvalue weighted by molar-refractivity contribution is 14.0. The minimum Gasteiger partial charge on any atom is -0.444 e. The first-order valence-electron chi connectivity index (χ1n) is 9.29. The SMILES string of the molecule is CCNC(=NCC(C)(O)c1ccccc1)NCCN(C)C(=O)OC(C)(C)C.I. The van der Waals surface area contributed by atoms with Gasteiger partial charge in [-0.15, -0.1) is 24.0 Å². The van der Waals surface area contributed by atoms with Crippen LogP contribution in [0.25, 0.3) is 0 Å². The maximum atomic E-state index is 12.0. The summed E-state index contributed by atoms with van der Waals surface area (Å²) in [5.41, 5.74) is -0.760. The smallest absolute Gasteiger partial charge is 0.410 e. The molecule has 3 N–H and O–H groups in total. The molecular weight excluding hydrogens is 471 g/mol. The van der Waals surface area contributed by atoms with E-state index < -0.39 is 11.2 Å². The van der Waals surface area contributed by atoms with E-state index in [0.717, 1.165) is 5.56 Å². The van der Waals surface area contributed by atoms with E-state index in [4.69, 9.17) is 4.74 Å². The van der Waals surface area contributed by atoms with Crippen LogP contribution in [-0.4, -0.2) is 60.9 Å². The molecule has 0 radical (unpaired) electrons. The van der Waals surface area contributed by atoms with E-state index in [2.05, 4.69) is 15.6 Å². The number of benzene rings is 1. The summed E-state index contributed by atoms with van der Waals surface area (Å²) >= 11 is 0. The van der Waals surface area contributed by atoms with Crippen LogP contribution in [0.3, 0.4) is 0 Å². The molecule has 0 saturated carbocycles. The fourth-order valence-corrected chi connectivity index (χ4v) is 2.24. The molecule has 7 nitrogen and oxygen atoms in total. The molecule has 8 heteroatoms. The molecule has 0 heterocycles. The monoisotopic (exact) mass is 506 g/mol. The molecule has 0 spiro atoms. The zero-order chi connectivity index (χ0) is 20.5. The summed E-state index contributed by atoms with van der Waals surface area (Å²) < 4.78 is 5.33. The zero-order valence-corrected chi connectivity index (χ0v) is 20.1. The minimum atomic E-state index is -1.06. The number of nitrogens with zero attached hydrogens (tertiary/aromatic N) is 2. The van der Waals surface area contributed by atoms with Crippen molar-refractivity contribution in [3.05, 3.63) is 35.9 Å². The van der Waals surface area contributed by atoms with Gasteiger partial charge in [0.25, 0.3) is 0 Å². The Morgan fingerprint density at radius 2 is 1.79 bits per heavy atom. The summed E-state index contributed by atoms with van der Waals surface area (Å²) in [6.07, 6.45) is -0.363.